The van der Waals surface area contributed by atoms with E-state index in [9.17, 15) is 4.79 Å². The highest BCUT2D eigenvalue weighted by atomic mass is 16.1. The van der Waals surface area contributed by atoms with Crippen LogP contribution in [0.3, 0.4) is 0 Å². The van der Waals surface area contributed by atoms with Crippen LogP contribution in [0.15, 0.2) is 30.6 Å². The highest BCUT2D eigenvalue weighted by Crippen LogP contribution is 2.15. The van der Waals surface area contributed by atoms with Gasteiger partial charge in [-0.1, -0.05) is 6.92 Å². The first-order valence-electron chi connectivity index (χ1n) is 7.77. The summed E-state index contributed by atoms with van der Waals surface area (Å²) in [6, 6.07) is 5.73. The average molecular weight is 299 g/mol. The molecule has 1 aliphatic rings. The maximum atomic E-state index is 12.3. The quantitative estimate of drug-likeness (QED) is 0.902. The molecule has 1 atom stereocenters. The molecule has 2 N–H and O–H groups in total. The number of hydrogen-bond acceptors (Lipinski definition) is 4. The first-order chi connectivity index (χ1) is 10.8. The molecule has 2 aromatic heterocycles. The molecule has 0 spiro atoms. The van der Waals surface area contributed by atoms with Gasteiger partial charge in [-0.2, -0.15) is 0 Å². The second-order valence-electron chi connectivity index (χ2n) is 5.56. The summed E-state index contributed by atoms with van der Waals surface area (Å²) in [5.41, 5.74) is 1.71. The maximum absolute atomic E-state index is 12.3. The van der Waals surface area contributed by atoms with E-state index in [0.29, 0.717) is 5.69 Å². The van der Waals surface area contributed by atoms with Crippen molar-refractivity contribution in [3.63, 3.8) is 0 Å². The van der Waals surface area contributed by atoms with Crippen molar-refractivity contribution < 1.29 is 4.79 Å². The topological polar surface area (TPSA) is 73.9 Å². The highest BCUT2D eigenvalue weighted by Gasteiger charge is 2.23. The number of aromatic nitrogens is 3. The Bertz CT molecular complexity index is 624. The predicted molar refractivity (Wildman–Crippen MR) is 84.9 cm³/mol. The van der Waals surface area contributed by atoms with Crippen LogP contribution in [-0.2, 0) is 6.42 Å². The molecule has 3 heterocycles. The number of carbonyl (C=O) groups is 1. The van der Waals surface area contributed by atoms with E-state index >= 15 is 0 Å². The van der Waals surface area contributed by atoms with Crippen molar-refractivity contribution in [3.8, 4) is 0 Å². The third kappa shape index (κ3) is 3.27. The molecule has 22 heavy (non-hydrogen) atoms. The average Bonchev–Trinajstić information content (AvgIpc) is 3.05. The van der Waals surface area contributed by atoms with Gasteiger partial charge in [0.05, 0.1) is 0 Å². The van der Waals surface area contributed by atoms with Crippen molar-refractivity contribution in [3.05, 3.63) is 42.0 Å². The van der Waals surface area contributed by atoms with Crippen LogP contribution in [0.25, 0.3) is 0 Å². The maximum Gasteiger partial charge on any atom is 0.267 e. The molecule has 1 fully saturated rings. The summed E-state index contributed by atoms with van der Waals surface area (Å²) in [4.78, 5) is 26.1. The second-order valence-corrected chi connectivity index (χ2v) is 5.56. The normalized spacial score (nSPS) is 18.2. The minimum absolute atomic E-state index is 0.0412. The smallest absolute Gasteiger partial charge is 0.267 e. The Kier molecular flexibility index (Phi) is 4.37. The standard InChI is InChI=1S/C16H21N5O/c1-2-12-6-7-14(19-12)15(22)20-13-5-3-10-21(11-13)16-17-8-4-9-18-16/h4,6-9,13,19H,2-3,5,10-11H2,1H3,(H,20,22)/t13-/m1/s1. The van der Waals surface area contributed by atoms with Gasteiger partial charge in [0.25, 0.3) is 5.91 Å². The Balaban J connectivity index is 1.61. The summed E-state index contributed by atoms with van der Waals surface area (Å²) < 4.78 is 0. The van der Waals surface area contributed by atoms with E-state index in [1.165, 1.54) is 0 Å². The van der Waals surface area contributed by atoms with Crippen LogP contribution in [0.1, 0.15) is 35.9 Å². The number of nitrogens with one attached hydrogen (secondary N) is 2. The number of aromatic amines is 1. The molecule has 0 aromatic carbocycles. The van der Waals surface area contributed by atoms with Crippen molar-refractivity contribution in [2.45, 2.75) is 32.2 Å². The molecule has 6 heteroatoms. The predicted octanol–water partition coefficient (Wildman–Crippen LogP) is 1.77. The number of carbonyl (C=O) groups excluding carboxylic acids is 1. The van der Waals surface area contributed by atoms with Gasteiger partial charge in [-0.25, -0.2) is 9.97 Å². The molecular weight excluding hydrogens is 278 g/mol. The van der Waals surface area contributed by atoms with Gasteiger partial charge in [-0.15, -0.1) is 0 Å². The molecule has 116 valence electrons. The molecule has 0 aliphatic carbocycles. The molecule has 0 unspecified atom stereocenters. The van der Waals surface area contributed by atoms with Gasteiger partial charge in [0.1, 0.15) is 5.69 Å². The summed E-state index contributed by atoms with van der Waals surface area (Å²) in [5.74, 6) is 0.690. The molecule has 1 amide bonds. The molecule has 0 bridgehead atoms. The van der Waals surface area contributed by atoms with E-state index < -0.39 is 0 Å². The minimum Gasteiger partial charge on any atom is -0.354 e. The van der Waals surface area contributed by atoms with Crippen LogP contribution < -0.4 is 10.2 Å². The van der Waals surface area contributed by atoms with Gasteiger partial charge in [0.15, 0.2) is 0 Å². The Morgan fingerprint density at radius 3 is 2.95 bits per heavy atom. The van der Waals surface area contributed by atoms with Crippen LogP contribution in [0.2, 0.25) is 0 Å². The lowest BCUT2D eigenvalue weighted by atomic mass is 10.1. The Hall–Kier alpha value is -2.37. The number of anilines is 1. The molecule has 6 nitrogen and oxygen atoms in total. The zero-order valence-corrected chi connectivity index (χ0v) is 12.7. The van der Waals surface area contributed by atoms with Gasteiger partial charge in [-0.3, -0.25) is 4.79 Å². The first-order valence-corrected chi connectivity index (χ1v) is 7.77. The van der Waals surface area contributed by atoms with Gasteiger partial charge in [0, 0.05) is 37.2 Å². The summed E-state index contributed by atoms with van der Waals surface area (Å²) >= 11 is 0. The van der Waals surface area contributed by atoms with Crippen LogP contribution in [0.5, 0.6) is 0 Å². The van der Waals surface area contributed by atoms with Crippen LogP contribution in [-0.4, -0.2) is 40.0 Å². The summed E-state index contributed by atoms with van der Waals surface area (Å²) in [6.07, 6.45) is 6.39. The third-order valence-electron chi connectivity index (χ3n) is 3.96. The van der Waals surface area contributed by atoms with Gasteiger partial charge < -0.3 is 15.2 Å². The number of H-pyrrole nitrogens is 1. The monoisotopic (exact) mass is 299 g/mol. The number of piperidine rings is 1. The third-order valence-corrected chi connectivity index (χ3v) is 3.96. The van der Waals surface area contributed by atoms with E-state index in [1.54, 1.807) is 12.4 Å². The van der Waals surface area contributed by atoms with E-state index in [-0.39, 0.29) is 11.9 Å². The molecule has 3 rings (SSSR count). The fraction of sp³-hybridized carbons (Fsp3) is 0.438. The van der Waals surface area contributed by atoms with Crippen molar-refractivity contribution in [1.29, 1.82) is 0 Å². The zero-order valence-electron chi connectivity index (χ0n) is 12.7. The fourth-order valence-electron chi connectivity index (χ4n) is 2.77. The van der Waals surface area contributed by atoms with E-state index in [1.807, 2.05) is 18.2 Å². The van der Waals surface area contributed by atoms with Gasteiger partial charge in [-0.05, 0) is 37.5 Å². The van der Waals surface area contributed by atoms with E-state index in [4.69, 9.17) is 0 Å². The molecule has 0 radical (unpaired) electrons. The summed E-state index contributed by atoms with van der Waals surface area (Å²) in [7, 11) is 0. The van der Waals surface area contributed by atoms with E-state index in [0.717, 1.165) is 44.0 Å². The number of aryl methyl sites for hydroxylation is 1. The molecule has 0 saturated carbocycles. The molecule has 1 aliphatic heterocycles. The summed E-state index contributed by atoms with van der Waals surface area (Å²) in [6.45, 7) is 3.74. The van der Waals surface area contributed by atoms with Gasteiger partial charge in [0.2, 0.25) is 5.95 Å². The van der Waals surface area contributed by atoms with Gasteiger partial charge >= 0.3 is 0 Å². The Morgan fingerprint density at radius 1 is 1.41 bits per heavy atom. The fourth-order valence-corrected chi connectivity index (χ4v) is 2.77. The number of hydrogen-bond donors (Lipinski definition) is 2. The van der Waals surface area contributed by atoms with Crippen molar-refractivity contribution in [1.82, 2.24) is 20.3 Å². The molecule has 1 saturated heterocycles. The van der Waals surface area contributed by atoms with E-state index in [2.05, 4.69) is 32.1 Å². The zero-order chi connectivity index (χ0) is 15.4. The second kappa shape index (κ2) is 6.60. The number of nitrogens with zero attached hydrogens (tertiary/aromatic N) is 3. The largest absolute Gasteiger partial charge is 0.354 e. The first kappa shape index (κ1) is 14.6. The van der Waals surface area contributed by atoms with Crippen molar-refractivity contribution in [2.24, 2.45) is 0 Å². The lowest BCUT2D eigenvalue weighted by molar-refractivity contribution is 0.0928. The lowest BCUT2D eigenvalue weighted by Gasteiger charge is -2.33. The lowest BCUT2D eigenvalue weighted by Crippen LogP contribution is -2.48. The highest BCUT2D eigenvalue weighted by molar-refractivity contribution is 5.92. The number of rotatable bonds is 4. The Morgan fingerprint density at radius 2 is 2.23 bits per heavy atom. The Labute approximate surface area is 130 Å². The number of amides is 1. The van der Waals surface area contributed by atoms with Crippen LogP contribution >= 0.6 is 0 Å². The summed E-state index contributed by atoms with van der Waals surface area (Å²) in [5, 5.41) is 3.10. The van der Waals surface area contributed by atoms with Crippen molar-refractivity contribution in [2.75, 3.05) is 18.0 Å². The van der Waals surface area contributed by atoms with Crippen LogP contribution in [0.4, 0.5) is 5.95 Å². The SMILES string of the molecule is CCc1ccc(C(=O)N[C@@H]2CCCN(c3ncccn3)C2)[nH]1. The minimum atomic E-state index is -0.0412. The molecule has 2 aromatic rings. The van der Waals surface area contributed by atoms with Crippen LogP contribution in [0, 0.1) is 0 Å². The van der Waals surface area contributed by atoms with Crippen molar-refractivity contribution >= 4 is 11.9 Å². The molecular formula is C16H21N5O.